The summed E-state index contributed by atoms with van der Waals surface area (Å²) < 4.78 is 30.1. The van der Waals surface area contributed by atoms with E-state index >= 15 is 0 Å². The van der Waals surface area contributed by atoms with Crippen molar-refractivity contribution >= 4 is 29.4 Å². The molecule has 1 aliphatic carbocycles. The van der Waals surface area contributed by atoms with E-state index < -0.39 is 77.8 Å². The van der Waals surface area contributed by atoms with Gasteiger partial charge in [-0.3, -0.25) is 19.2 Å². The smallest absolute Gasteiger partial charge is 0.329 e. The molecule has 3 N–H and O–H groups in total. The molecular weight excluding hydrogens is 773 g/mol. The summed E-state index contributed by atoms with van der Waals surface area (Å²) in [4.78, 5) is 70.0. The minimum absolute atomic E-state index is 0.00342. The maximum atomic E-state index is 14.4. The fourth-order valence-corrected chi connectivity index (χ4v) is 9.87. The van der Waals surface area contributed by atoms with Gasteiger partial charge in [-0.2, -0.15) is 0 Å². The number of aliphatic hydroxyl groups is 2. The highest BCUT2D eigenvalue weighted by Gasteiger charge is 2.56. The number of methoxy groups -OCH3 is 3. The van der Waals surface area contributed by atoms with Crippen LogP contribution in [0.15, 0.2) is 36.0 Å². The third kappa shape index (κ3) is 12.0. The van der Waals surface area contributed by atoms with E-state index in [-0.39, 0.29) is 61.5 Å². The molecule has 2 saturated heterocycles. The number of ether oxygens (including phenoxy) is 5. The molecule has 4 aliphatic rings. The summed E-state index contributed by atoms with van der Waals surface area (Å²) >= 11 is 0. The highest BCUT2D eigenvalue weighted by molar-refractivity contribution is 6.39. The van der Waals surface area contributed by atoms with Gasteiger partial charge >= 0.3 is 5.97 Å². The summed E-state index contributed by atoms with van der Waals surface area (Å²) in [5.41, 5.74) is 1.61. The Morgan fingerprint density at radius 3 is 2.27 bits per heavy atom. The molecule has 14 nitrogen and oxygen atoms in total. The lowest BCUT2D eigenvalue weighted by atomic mass is 9.81. The lowest BCUT2D eigenvalue weighted by Crippen LogP contribution is -2.64. The number of carbonyl (C=O) groups excluding carboxylic acids is 5. The first kappa shape index (κ1) is 49.4. The molecule has 1 saturated carbocycles. The van der Waals surface area contributed by atoms with Crippen molar-refractivity contribution in [2.45, 2.75) is 167 Å². The fraction of sp³-hybridized carbons (Fsp3) is 0.761. The van der Waals surface area contributed by atoms with Gasteiger partial charge in [0.05, 0.1) is 30.5 Å². The summed E-state index contributed by atoms with van der Waals surface area (Å²) in [6.45, 7) is 14.6. The van der Waals surface area contributed by atoms with Crippen molar-refractivity contribution in [2.24, 2.45) is 29.6 Å². The third-order valence-corrected chi connectivity index (χ3v) is 13.3. The number of nitrogens with one attached hydrogen (secondary N) is 1. The summed E-state index contributed by atoms with van der Waals surface area (Å²) in [5, 5.41) is 26.8. The SMILES string of the molecule is C=CCC1C=C(C)CC(C)CC(OC)C2OC(O)(C(=O)C(=O)N3CCCCC3C(=O)OC(C(C)=CC3CCC(NC(C)=O)C(OC)C3)C(C)C(O)CC1=O)C(C)CC2OC. The molecule has 60 heavy (non-hydrogen) atoms. The van der Waals surface area contributed by atoms with E-state index in [0.717, 1.165) is 12.0 Å². The number of cyclic esters (lactones) is 1. The topological polar surface area (TPSA) is 187 Å². The molecule has 4 rings (SSSR count). The van der Waals surface area contributed by atoms with Crippen LogP contribution in [-0.2, 0) is 47.7 Å². The quantitative estimate of drug-likeness (QED) is 0.173. The summed E-state index contributed by atoms with van der Waals surface area (Å²) in [5.74, 6) is -7.96. The second-order valence-electron chi connectivity index (χ2n) is 18.0. The number of allylic oxidation sites excluding steroid dienone is 4. The van der Waals surface area contributed by atoms with Gasteiger partial charge in [-0.15, -0.1) is 6.58 Å². The number of esters is 1. The molecule has 2 amide bonds. The Morgan fingerprint density at radius 1 is 0.967 bits per heavy atom. The first-order valence-corrected chi connectivity index (χ1v) is 21.9. The van der Waals surface area contributed by atoms with E-state index in [1.54, 1.807) is 27.0 Å². The van der Waals surface area contributed by atoms with Crippen molar-refractivity contribution < 1.29 is 57.9 Å². The predicted molar refractivity (Wildman–Crippen MR) is 224 cm³/mol. The molecular formula is C46H72N2O12. The number of rotatable bonds is 8. The molecule has 14 heteroatoms. The van der Waals surface area contributed by atoms with Crippen LogP contribution < -0.4 is 5.32 Å². The standard InChI is InChI=1S/C46H72N2O12/c1-11-14-33-20-26(2)19-27(3)21-39(57-9)42-40(58-10)23-29(5)46(55,60-42)43(52)44(53)48-18-13-12-15-35(48)45(54)59-41(30(6)36(50)25-37(33)51)28(4)22-32-16-17-34(47-31(7)49)38(24-32)56-8/h11,20,22,27,29-30,32-36,38-42,50,55H,1,12-19,21,23-25H2,2-10H3,(H,47,49). The minimum Gasteiger partial charge on any atom is -0.456 e. The molecule has 3 fully saturated rings. The van der Waals surface area contributed by atoms with Gasteiger partial charge in [0.25, 0.3) is 11.7 Å². The van der Waals surface area contributed by atoms with Crippen molar-refractivity contribution in [1.29, 1.82) is 0 Å². The largest absolute Gasteiger partial charge is 0.456 e. The first-order chi connectivity index (χ1) is 28.4. The Kier molecular flexibility index (Phi) is 18.3. The second kappa shape index (κ2) is 22.2. The average molecular weight is 845 g/mol. The maximum Gasteiger partial charge on any atom is 0.329 e. The van der Waals surface area contributed by atoms with Crippen LogP contribution in [-0.4, -0.2) is 127 Å². The third-order valence-electron chi connectivity index (χ3n) is 13.3. The number of hydrogen-bond donors (Lipinski definition) is 3. The summed E-state index contributed by atoms with van der Waals surface area (Å²) in [6.07, 6.45) is 5.80. The highest BCUT2D eigenvalue weighted by Crippen LogP contribution is 2.39. The molecule has 14 unspecified atom stereocenters. The van der Waals surface area contributed by atoms with Crippen LogP contribution in [0, 0.1) is 29.6 Å². The number of fused-ring (bicyclic) bond motifs is 3. The van der Waals surface area contributed by atoms with Gasteiger partial charge in [-0.05, 0) is 95.5 Å². The van der Waals surface area contributed by atoms with E-state index in [9.17, 15) is 34.2 Å². The monoisotopic (exact) mass is 845 g/mol. The molecule has 0 aromatic heterocycles. The van der Waals surface area contributed by atoms with E-state index in [1.165, 1.54) is 26.0 Å². The van der Waals surface area contributed by atoms with E-state index in [4.69, 9.17) is 23.7 Å². The molecule has 338 valence electrons. The molecule has 0 aromatic carbocycles. The van der Waals surface area contributed by atoms with E-state index in [1.807, 2.05) is 32.9 Å². The molecule has 3 heterocycles. The first-order valence-electron chi connectivity index (χ1n) is 21.9. The fourth-order valence-electron chi connectivity index (χ4n) is 9.87. The van der Waals surface area contributed by atoms with E-state index in [2.05, 4.69) is 11.9 Å². The normalized spacial score (nSPS) is 38.5. The van der Waals surface area contributed by atoms with Gasteiger partial charge in [0.15, 0.2) is 0 Å². The lowest BCUT2D eigenvalue weighted by Gasteiger charge is -2.47. The number of aliphatic hydroxyl groups excluding tert-OH is 1. The number of ketones is 2. The van der Waals surface area contributed by atoms with Gasteiger partial charge in [-0.1, -0.05) is 44.6 Å². The Balaban J connectivity index is 1.77. The van der Waals surface area contributed by atoms with Gasteiger partial charge in [0, 0.05) is 59.0 Å². The van der Waals surface area contributed by atoms with Gasteiger partial charge in [0.1, 0.15) is 24.0 Å². The summed E-state index contributed by atoms with van der Waals surface area (Å²) in [7, 11) is 4.66. The van der Waals surface area contributed by atoms with Gasteiger partial charge in [0.2, 0.25) is 11.7 Å². The Labute approximate surface area is 356 Å². The van der Waals surface area contributed by atoms with Gasteiger partial charge in [-0.25, -0.2) is 4.79 Å². The summed E-state index contributed by atoms with van der Waals surface area (Å²) in [6, 6.07) is -1.30. The molecule has 2 bridgehead atoms. The zero-order valence-electron chi connectivity index (χ0n) is 37.4. The zero-order valence-corrected chi connectivity index (χ0v) is 37.4. The van der Waals surface area contributed by atoms with Crippen LogP contribution in [0.5, 0.6) is 0 Å². The van der Waals surface area contributed by atoms with Crippen molar-refractivity contribution in [3.05, 3.63) is 36.0 Å². The Hall–Kier alpha value is -3.27. The Bertz CT molecular complexity index is 1600. The number of hydrogen-bond acceptors (Lipinski definition) is 12. The van der Waals surface area contributed by atoms with Crippen molar-refractivity contribution in [1.82, 2.24) is 10.2 Å². The second-order valence-corrected chi connectivity index (χ2v) is 18.0. The molecule has 0 spiro atoms. The van der Waals surface area contributed by atoms with Crippen molar-refractivity contribution in [3.63, 3.8) is 0 Å². The average Bonchev–Trinajstić information content (AvgIpc) is 3.21. The lowest BCUT2D eigenvalue weighted by molar-refractivity contribution is -0.302. The Morgan fingerprint density at radius 2 is 1.63 bits per heavy atom. The number of piperidine rings is 1. The predicted octanol–water partition coefficient (Wildman–Crippen LogP) is 4.78. The minimum atomic E-state index is -2.52. The molecule has 0 radical (unpaired) electrons. The zero-order chi connectivity index (χ0) is 44.5. The number of amides is 2. The van der Waals surface area contributed by atoms with Crippen molar-refractivity contribution in [2.75, 3.05) is 27.9 Å². The van der Waals surface area contributed by atoms with Crippen molar-refractivity contribution in [3.8, 4) is 0 Å². The molecule has 3 aliphatic heterocycles. The van der Waals surface area contributed by atoms with Gasteiger partial charge < -0.3 is 44.1 Å². The number of carbonyl (C=O) groups is 5. The van der Waals surface area contributed by atoms with Crippen LogP contribution in [0.25, 0.3) is 0 Å². The number of nitrogens with zero attached hydrogens (tertiary/aromatic N) is 1. The van der Waals surface area contributed by atoms with Crippen LogP contribution >= 0.6 is 0 Å². The van der Waals surface area contributed by atoms with Crippen LogP contribution in [0.2, 0.25) is 0 Å². The molecule has 14 atom stereocenters. The van der Waals surface area contributed by atoms with Crippen LogP contribution in [0.1, 0.15) is 112 Å². The number of Topliss-reactive ketones (excluding diaryl/α,β-unsaturated/α-hetero) is 2. The van der Waals surface area contributed by atoms with E-state index in [0.29, 0.717) is 50.5 Å². The highest BCUT2D eigenvalue weighted by atomic mass is 16.7. The molecule has 0 aromatic rings. The maximum absolute atomic E-state index is 14.4. The van der Waals surface area contributed by atoms with Crippen LogP contribution in [0.3, 0.4) is 0 Å². The van der Waals surface area contributed by atoms with Crippen LogP contribution in [0.4, 0.5) is 0 Å².